The predicted molar refractivity (Wildman–Crippen MR) is 124 cm³/mol. The second-order valence-corrected chi connectivity index (χ2v) is 7.53. The molecule has 32 heavy (non-hydrogen) atoms. The van der Waals surface area contributed by atoms with Crippen LogP contribution in [0.4, 0.5) is 0 Å². The molecular formula is C25H23N7. The highest BCUT2D eigenvalue weighted by molar-refractivity contribution is 5.78. The van der Waals surface area contributed by atoms with Crippen molar-refractivity contribution in [3.05, 3.63) is 91.0 Å². The van der Waals surface area contributed by atoms with Crippen molar-refractivity contribution in [3.63, 3.8) is 0 Å². The minimum absolute atomic E-state index is 0.767. The van der Waals surface area contributed by atoms with Gasteiger partial charge >= 0.3 is 0 Å². The number of nitrogens with zero attached hydrogens (tertiary/aromatic N) is 6. The molecule has 4 heterocycles. The fourth-order valence-corrected chi connectivity index (χ4v) is 3.69. The zero-order valence-electron chi connectivity index (χ0n) is 17.8. The predicted octanol–water partition coefficient (Wildman–Crippen LogP) is 4.60. The molecule has 0 spiro atoms. The minimum Gasteiger partial charge on any atom is -0.285 e. The SMILES string of the molecule is CCn1cc(-c2ccnc(CCc3ccc(-c4cn[nH]c4)cc3)n2)c(-c2cccnc2)n1. The van der Waals surface area contributed by atoms with Crippen molar-refractivity contribution in [2.45, 2.75) is 26.3 Å². The number of nitrogens with one attached hydrogen (secondary N) is 1. The largest absolute Gasteiger partial charge is 0.285 e. The Morgan fingerprint density at radius 3 is 2.56 bits per heavy atom. The fourth-order valence-electron chi connectivity index (χ4n) is 3.69. The van der Waals surface area contributed by atoms with Gasteiger partial charge in [-0.05, 0) is 42.7 Å². The molecule has 0 saturated heterocycles. The maximum Gasteiger partial charge on any atom is 0.129 e. The first kappa shape index (κ1) is 19.8. The van der Waals surface area contributed by atoms with Gasteiger partial charge in [-0.3, -0.25) is 14.8 Å². The number of benzene rings is 1. The van der Waals surface area contributed by atoms with E-state index in [9.17, 15) is 0 Å². The van der Waals surface area contributed by atoms with Crippen molar-refractivity contribution in [1.29, 1.82) is 0 Å². The molecule has 0 aliphatic rings. The fraction of sp³-hybridized carbons (Fsp3) is 0.160. The van der Waals surface area contributed by atoms with E-state index in [0.717, 1.165) is 58.9 Å². The van der Waals surface area contributed by atoms with Crippen LogP contribution in [0.15, 0.2) is 79.6 Å². The lowest BCUT2D eigenvalue weighted by Gasteiger charge is -2.06. The monoisotopic (exact) mass is 421 g/mol. The Morgan fingerprint density at radius 2 is 1.81 bits per heavy atom. The molecule has 0 atom stereocenters. The van der Waals surface area contributed by atoms with Gasteiger partial charge in [0.2, 0.25) is 0 Å². The van der Waals surface area contributed by atoms with Gasteiger partial charge in [0.05, 0.1) is 11.9 Å². The van der Waals surface area contributed by atoms with Crippen LogP contribution in [0, 0.1) is 0 Å². The van der Waals surface area contributed by atoms with Gasteiger partial charge in [0, 0.05) is 60.6 Å². The molecule has 158 valence electrons. The van der Waals surface area contributed by atoms with E-state index >= 15 is 0 Å². The Labute approximate surface area is 186 Å². The standard InChI is InChI=1S/C25H23N7/c1-2-32-17-22(25(31-32)20-4-3-12-26-14-20)23-11-13-27-24(30-23)10-7-18-5-8-19(9-6-18)21-15-28-29-16-21/h3-6,8-9,11-17H,2,7,10H2,1H3,(H,28,29). The Bertz CT molecular complexity index is 1290. The van der Waals surface area contributed by atoms with Gasteiger partial charge < -0.3 is 0 Å². The van der Waals surface area contributed by atoms with Crippen LogP contribution in [-0.2, 0) is 19.4 Å². The van der Waals surface area contributed by atoms with Crippen LogP contribution in [0.2, 0.25) is 0 Å². The third-order valence-electron chi connectivity index (χ3n) is 5.42. The maximum atomic E-state index is 4.85. The molecule has 0 saturated carbocycles. The van der Waals surface area contributed by atoms with Gasteiger partial charge in [0.1, 0.15) is 11.5 Å². The van der Waals surface area contributed by atoms with Crippen LogP contribution < -0.4 is 0 Å². The van der Waals surface area contributed by atoms with Crippen LogP contribution >= 0.6 is 0 Å². The minimum atomic E-state index is 0.767. The number of aromatic nitrogens is 7. The van der Waals surface area contributed by atoms with Crippen molar-refractivity contribution in [1.82, 2.24) is 34.9 Å². The Hall–Kier alpha value is -4.13. The molecule has 0 fully saturated rings. The van der Waals surface area contributed by atoms with Gasteiger partial charge in [-0.25, -0.2) is 9.97 Å². The lowest BCUT2D eigenvalue weighted by molar-refractivity contribution is 0.662. The van der Waals surface area contributed by atoms with E-state index in [1.807, 2.05) is 53.9 Å². The number of aromatic amines is 1. The molecule has 0 radical (unpaired) electrons. The number of rotatable bonds is 7. The molecule has 1 N–H and O–H groups in total. The lowest BCUT2D eigenvalue weighted by Crippen LogP contribution is -1.99. The van der Waals surface area contributed by atoms with Crippen LogP contribution in [0.5, 0.6) is 0 Å². The smallest absolute Gasteiger partial charge is 0.129 e. The molecule has 5 aromatic rings. The summed E-state index contributed by atoms with van der Waals surface area (Å²) in [6, 6.07) is 14.4. The highest BCUT2D eigenvalue weighted by Crippen LogP contribution is 2.29. The van der Waals surface area contributed by atoms with Gasteiger partial charge in [0.15, 0.2) is 0 Å². The highest BCUT2D eigenvalue weighted by Gasteiger charge is 2.15. The van der Waals surface area contributed by atoms with Crippen molar-refractivity contribution in [3.8, 4) is 33.6 Å². The second-order valence-electron chi connectivity index (χ2n) is 7.53. The molecular weight excluding hydrogens is 398 g/mol. The third kappa shape index (κ3) is 4.18. The summed E-state index contributed by atoms with van der Waals surface area (Å²) < 4.78 is 1.93. The molecule has 0 aliphatic carbocycles. The van der Waals surface area contributed by atoms with Crippen molar-refractivity contribution >= 4 is 0 Å². The van der Waals surface area contributed by atoms with E-state index < -0.39 is 0 Å². The van der Waals surface area contributed by atoms with E-state index in [1.165, 1.54) is 5.56 Å². The summed E-state index contributed by atoms with van der Waals surface area (Å²) in [4.78, 5) is 13.6. The normalized spacial score (nSPS) is 11.0. The molecule has 0 aliphatic heterocycles. The number of hydrogen-bond donors (Lipinski definition) is 1. The molecule has 4 aromatic heterocycles. The zero-order chi connectivity index (χ0) is 21.8. The van der Waals surface area contributed by atoms with Gasteiger partial charge in [-0.15, -0.1) is 0 Å². The molecule has 7 heteroatoms. The third-order valence-corrected chi connectivity index (χ3v) is 5.42. The zero-order valence-corrected chi connectivity index (χ0v) is 17.8. The van der Waals surface area contributed by atoms with E-state index in [-0.39, 0.29) is 0 Å². The average molecular weight is 422 g/mol. The molecule has 0 bridgehead atoms. The Kier molecular flexibility index (Phi) is 5.53. The van der Waals surface area contributed by atoms with Gasteiger partial charge in [-0.2, -0.15) is 10.2 Å². The lowest BCUT2D eigenvalue weighted by atomic mass is 10.0. The quantitative estimate of drug-likeness (QED) is 0.415. The van der Waals surface area contributed by atoms with Crippen molar-refractivity contribution < 1.29 is 0 Å². The van der Waals surface area contributed by atoms with Crippen LogP contribution in [0.1, 0.15) is 18.3 Å². The van der Waals surface area contributed by atoms with E-state index in [1.54, 1.807) is 6.20 Å². The molecule has 1 aromatic carbocycles. The van der Waals surface area contributed by atoms with Gasteiger partial charge in [-0.1, -0.05) is 24.3 Å². The number of aryl methyl sites for hydroxylation is 3. The summed E-state index contributed by atoms with van der Waals surface area (Å²) in [6.07, 6.45) is 12.8. The van der Waals surface area contributed by atoms with Gasteiger partial charge in [0.25, 0.3) is 0 Å². The average Bonchev–Trinajstić information content (AvgIpc) is 3.54. The summed E-state index contributed by atoms with van der Waals surface area (Å²) in [6.45, 7) is 2.87. The molecule has 5 rings (SSSR count). The first-order chi connectivity index (χ1) is 15.8. The van der Waals surface area contributed by atoms with E-state index in [0.29, 0.717) is 0 Å². The Morgan fingerprint density at radius 1 is 0.906 bits per heavy atom. The van der Waals surface area contributed by atoms with E-state index in [2.05, 4.69) is 51.4 Å². The molecule has 0 unspecified atom stereocenters. The molecule has 7 nitrogen and oxygen atoms in total. The maximum absolute atomic E-state index is 4.85. The summed E-state index contributed by atoms with van der Waals surface area (Å²) in [5, 5.41) is 11.6. The summed E-state index contributed by atoms with van der Waals surface area (Å²) >= 11 is 0. The number of hydrogen-bond acceptors (Lipinski definition) is 5. The highest BCUT2D eigenvalue weighted by atomic mass is 15.3. The summed E-state index contributed by atoms with van der Waals surface area (Å²) in [5.74, 6) is 0.822. The van der Waals surface area contributed by atoms with Crippen molar-refractivity contribution in [2.24, 2.45) is 0 Å². The second kappa shape index (κ2) is 8.93. The van der Waals surface area contributed by atoms with Crippen LogP contribution in [-0.4, -0.2) is 34.9 Å². The first-order valence-electron chi connectivity index (χ1n) is 10.7. The molecule has 0 amide bonds. The Balaban J connectivity index is 1.36. The number of H-pyrrole nitrogens is 1. The van der Waals surface area contributed by atoms with Crippen LogP contribution in [0.25, 0.3) is 33.6 Å². The van der Waals surface area contributed by atoms with E-state index in [4.69, 9.17) is 10.1 Å². The number of pyridine rings is 1. The first-order valence-corrected chi connectivity index (χ1v) is 10.7. The summed E-state index contributed by atoms with van der Waals surface area (Å²) in [5.41, 5.74) is 7.23. The van der Waals surface area contributed by atoms with Crippen LogP contribution in [0.3, 0.4) is 0 Å². The topological polar surface area (TPSA) is 85.2 Å². The van der Waals surface area contributed by atoms with Crippen molar-refractivity contribution in [2.75, 3.05) is 0 Å². The summed E-state index contributed by atoms with van der Waals surface area (Å²) in [7, 11) is 0.